The average molecular weight is 259 g/mol. The van der Waals surface area contributed by atoms with Gasteiger partial charge in [-0.05, 0) is 39.8 Å². The molecule has 2 aromatic heterocycles. The van der Waals surface area contributed by atoms with Crippen molar-refractivity contribution in [2.24, 2.45) is 0 Å². The molecule has 0 aromatic carbocycles. The van der Waals surface area contributed by atoms with Crippen molar-refractivity contribution in [3.63, 3.8) is 0 Å². The Kier molecular flexibility index (Phi) is 3.14. The molecule has 2 rings (SSSR count). The van der Waals surface area contributed by atoms with E-state index >= 15 is 0 Å². The third-order valence-corrected chi connectivity index (χ3v) is 2.63. The highest BCUT2D eigenvalue weighted by molar-refractivity contribution is 5.95. The van der Waals surface area contributed by atoms with Gasteiger partial charge in [0.1, 0.15) is 11.2 Å². The number of carbonyl (C=O) groups is 1. The van der Waals surface area contributed by atoms with E-state index in [2.05, 4.69) is 10.3 Å². The number of nitrogens with one attached hydrogen (secondary N) is 1. The van der Waals surface area contributed by atoms with Crippen LogP contribution in [0.4, 0.5) is 0 Å². The van der Waals surface area contributed by atoms with Crippen molar-refractivity contribution in [2.75, 3.05) is 0 Å². The number of pyridine rings is 1. The molecule has 0 aliphatic rings. The van der Waals surface area contributed by atoms with Gasteiger partial charge in [0.15, 0.2) is 0 Å². The number of hydrogen-bond donors (Lipinski definition) is 1. The van der Waals surface area contributed by atoms with Crippen LogP contribution in [0.1, 0.15) is 36.8 Å². The second-order valence-corrected chi connectivity index (χ2v) is 5.51. The lowest BCUT2D eigenvalue weighted by atomic mass is 10.1. The molecule has 0 aliphatic heterocycles. The summed E-state index contributed by atoms with van der Waals surface area (Å²) in [6.45, 7) is 7.27. The van der Waals surface area contributed by atoms with Crippen molar-refractivity contribution in [2.45, 2.75) is 33.2 Å². The van der Waals surface area contributed by atoms with E-state index in [-0.39, 0.29) is 17.0 Å². The first-order valence-electron chi connectivity index (χ1n) is 6.10. The van der Waals surface area contributed by atoms with Gasteiger partial charge >= 0.3 is 0 Å². The van der Waals surface area contributed by atoms with Crippen molar-refractivity contribution in [3.05, 3.63) is 46.0 Å². The highest BCUT2D eigenvalue weighted by atomic mass is 16.2. The van der Waals surface area contributed by atoms with Crippen LogP contribution in [0, 0.1) is 6.92 Å². The van der Waals surface area contributed by atoms with Crippen molar-refractivity contribution in [1.82, 2.24) is 14.7 Å². The largest absolute Gasteiger partial charge is 0.347 e. The molecular weight excluding hydrogens is 242 g/mol. The zero-order chi connectivity index (χ0) is 14.2. The highest BCUT2D eigenvalue weighted by Crippen LogP contribution is 2.06. The summed E-state index contributed by atoms with van der Waals surface area (Å²) in [4.78, 5) is 28.8. The lowest BCUT2D eigenvalue weighted by molar-refractivity contribution is 0.0916. The predicted molar refractivity (Wildman–Crippen MR) is 73.4 cm³/mol. The number of rotatable bonds is 1. The fourth-order valence-corrected chi connectivity index (χ4v) is 1.86. The lowest BCUT2D eigenvalue weighted by Crippen LogP contribution is -2.43. The summed E-state index contributed by atoms with van der Waals surface area (Å²) in [5.74, 6) is -0.388. The number of fused-ring (bicyclic) bond motifs is 1. The molecule has 0 fully saturated rings. The molecule has 0 saturated carbocycles. The summed E-state index contributed by atoms with van der Waals surface area (Å²) in [6, 6.07) is 5.27. The van der Waals surface area contributed by atoms with Crippen LogP contribution in [0.3, 0.4) is 0 Å². The van der Waals surface area contributed by atoms with E-state index in [9.17, 15) is 9.59 Å². The van der Waals surface area contributed by atoms with Crippen LogP contribution in [-0.4, -0.2) is 20.8 Å². The molecule has 0 unspecified atom stereocenters. The van der Waals surface area contributed by atoms with E-state index in [4.69, 9.17) is 0 Å². The molecule has 1 N–H and O–H groups in total. The Balaban J connectivity index is 2.61. The van der Waals surface area contributed by atoms with Gasteiger partial charge in [-0.3, -0.25) is 14.0 Å². The summed E-state index contributed by atoms with van der Waals surface area (Å²) in [6.07, 6.45) is 1.61. The molecule has 0 bridgehead atoms. The van der Waals surface area contributed by atoms with E-state index in [1.54, 1.807) is 31.3 Å². The van der Waals surface area contributed by atoms with Crippen molar-refractivity contribution in [1.29, 1.82) is 0 Å². The van der Waals surface area contributed by atoms with Crippen molar-refractivity contribution >= 4 is 11.6 Å². The van der Waals surface area contributed by atoms with Crippen LogP contribution >= 0.6 is 0 Å². The molecule has 0 atom stereocenters. The molecular formula is C14H17N3O2. The maximum Gasteiger partial charge on any atom is 0.270 e. The molecule has 0 radical (unpaired) electrons. The first kappa shape index (κ1) is 13.3. The molecule has 0 saturated heterocycles. The van der Waals surface area contributed by atoms with Gasteiger partial charge in [0.05, 0.1) is 5.69 Å². The summed E-state index contributed by atoms with van der Waals surface area (Å²) >= 11 is 0. The number of aromatic nitrogens is 2. The van der Waals surface area contributed by atoms with E-state index < -0.39 is 5.54 Å². The SMILES string of the molecule is Cc1nc2ccccn2c(=O)c1C(=O)NC(C)(C)C. The molecule has 2 heterocycles. The average Bonchev–Trinajstić information content (AvgIpc) is 2.26. The third-order valence-electron chi connectivity index (χ3n) is 2.63. The number of nitrogens with zero attached hydrogens (tertiary/aromatic N) is 2. The number of amides is 1. The highest BCUT2D eigenvalue weighted by Gasteiger charge is 2.21. The first-order valence-corrected chi connectivity index (χ1v) is 6.10. The van der Waals surface area contributed by atoms with E-state index in [0.717, 1.165) is 0 Å². The van der Waals surface area contributed by atoms with Crippen LogP contribution in [-0.2, 0) is 0 Å². The number of carbonyl (C=O) groups excluding carboxylic acids is 1. The summed E-state index contributed by atoms with van der Waals surface area (Å²) in [5.41, 5.74) is 0.338. The maximum atomic E-state index is 12.3. The van der Waals surface area contributed by atoms with Gasteiger partial charge in [0.25, 0.3) is 11.5 Å². The second kappa shape index (κ2) is 4.50. The van der Waals surface area contributed by atoms with Gasteiger partial charge in [-0.2, -0.15) is 0 Å². The van der Waals surface area contributed by atoms with Gasteiger partial charge in [0.2, 0.25) is 0 Å². The number of hydrogen-bond acceptors (Lipinski definition) is 3. The van der Waals surface area contributed by atoms with Crippen molar-refractivity contribution < 1.29 is 4.79 Å². The fourth-order valence-electron chi connectivity index (χ4n) is 1.86. The monoisotopic (exact) mass is 259 g/mol. The van der Waals surface area contributed by atoms with Gasteiger partial charge in [0, 0.05) is 11.7 Å². The molecule has 1 amide bonds. The van der Waals surface area contributed by atoms with E-state index in [1.165, 1.54) is 4.40 Å². The molecule has 19 heavy (non-hydrogen) atoms. The molecule has 5 nitrogen and oxygen atoms in total. The lowest BCUT2D eigenvalue weighted by Gasteiger charge is -2.20. The predicted octanol–water partition coefficient (Wildman–Crippen LogP) is 1.53. The Hall–Kier alpha value is -2.17. The van der Waals surface area contributed by atoms with Gasteiger partial charge < -0.3 is 5.32 Å². The van der Waals surface area contributed by atoms with Crippen LogP contribution in [0.2, 0.25) is 0 Å². The zero-order valence-corrected chi connectivity index (χ0v) is 11.5. The quantitative estimate of drug-likeness (QED) is 0.844. The summed E-state index contributed by atoms with van der Waals surface area (Å²) in [7, 11) is 0. The van der Waals surface area contributed by atoms with Crippen LogP contribution in [0.25, 0.3) is 5.65 Å². The van der Waals surface area contributed by atoms with Crippen molar-refractivity contribution in [3.8, 4) is 0 Å². The topological polar surface area (TPSA) is 63.5 Å². The molecule has 0 spiro atoms. The van der Waals surface area contributed by atoms with Crippen LogP contribution in [0.5, 0.6) is 0 Å². The minimum Gasteiger partial charge on any atom is -0.347 e. The third kappa shape index (κ3) is 2.65. The standard InChI is InChI=1S/C14H17N3O2/c1-9-11(12(18)16-14(2,3)4)13(19)17-8-6-5-7-10(17)15-9/h5-8H,1-4H3,(H,16,18). The summed E-state index contributed by atoms with van der Waals surface area (Å²) in [5, 5.41) is 2.79. The maximum absolute atomic E-state index is 12.3. The Bertz CT molecular complexity index is 696. The number of aryl methyl sites for hydroxylation is 1. The molecule has 5 heteroatoms. The minimum atomic E-state index is -0.397. The first-order chi connectivity index (χ1) is 8.79. The van der Waals surface area contributed by atoms with Gasteiger partial charge in [-0.1, -0.05) is 6.07 Å². The Morgan fingerprint density at radius 3 is 2.63 bits per heavy atom. The zero-order valence-electron chi connectivity index (χ0n) is 11.5. The smallest absolute Gasteiger partial charge is 0.270 e. The van der Waals surface area contributed by atoms with Crippen LogP contribution in [0.15, 0.2) is 29.2 Å². The Labute approximate surface area is 111 Å². The Morgan fingerprint density at radius 1 is 1.32 bits per heavy atom. The summed E-state index contributed by atoms with van der Waals surface area (Å²) < 4.78 is 1.38. The molecule has 2 aromatic rings. The van der Waals surface area contributed by atoms with Gasteiger partial charge in [-0.25, -0.2) is 4.98 Å². The van der Waals surface area contributed by atoms with E-state index in [1.807, 2.05) is 20.8 Å². The second-order valence-electron chi connectivity index (χ2n) is 5.51. The van der Waals surface area contributed by atoms with Crippen LogP contribution < -0.4 is 10.9 Å². The van der Waals surface area contributed by atoms with E-state index in [0.29, 0.717) is 11.3 Å². The molecule has 100 valence electrons. The minimum absolute atomic E-state index is 0.0959. The Morgan fingerprint density at radius 2 is 2.00 bits per heavy atom. The molecule has 0 aliphatic carbocycles. The fraction of sp³-hybridized carbons (Fsp3) is 0.357. The van der Waals surface area contributed by atoms with Gasteiger partial charge in [-0.15, -0.1) is 0 Å². The normalized spacial score (nSPS) is 11.6.